The summed E-state index contributed by atoms with van der Waals surface area (Å²) >= 11 is 0. The van der Waals surface area contributed by atoms with Gasteiger partial charge in [-0.2, -0.15) is 18.2 Å². The van der Waals surface area contributed by atoms with E-state index in [9.17, 15) is 31.8 Å². The van der Waals surface area contributed by atoms with Crippen LogP contribution in [-0.4, -0.2) is 111 Å². The summed E-state index contributed by atoms with van der Waals surface area (Å²) in [6.07, 6.45) is -0.203. The third-order valence-corrected chi connectivity index (χ3v) is 12.7. The van der Waals surface area contributed by atoms with E-state index in [4.69, 9.17) is 4.74 Å². The third-order valence-electron chi connectivity index (χ3n) is 11.2. The fourth-order valence-corrected chi connectivity index (χ4v) is 9.33. The molecule has 3 aromatic rings. The summed E-state index contributed by atoms with van der Waals surface area (Å²) in [7, 11) is -0.211. The lowest BCUT2D eigenvalue weighted by atomic mass is 9.96. The summed E-state index contributed by atoms with van der Waals surface area (Å²) in [4.78, 5) is 52.1. The number of halogens is 3. The molecular formula is C39H47F3N8O5S. The lowest BCUT2D eigenvalue weighted by Crippen LogP contribution is -2.52. The first-order valence-electron chi connectivity index (χ1n) is 19.2. The van der Waals surface area contributed by atoms with Crippen LogP contribution >= 0.6 is 0 Å². The molecule has 1 aromatic heterocycles. The number of nitrogens with zero attached hydrogens (tertiary/aromatic N) is 6. The summed E-state index contributed by atoms with van der Waals surface area (Å²) in [5, 5.41) is 5.46. The highest BCUT2D eigenvalue weighted by molar-refractivity contribution is 7.82. The van der Waals surface area contributed by atoms with E-state index in [-0.39, 0.29) is 30.2 Å². The number of alkyl halides is 3. The summed E-state index contributed by atoms with van der Waals surface area (Å²) in [6.45, 7) is 8.12. The van der Waals surface area contributed by atoms with Crippen molar-refractivity contribution in [2.75, 3.05) is 63.1 Å². The van der Waals surface area contributed by atoms with Crippen LogP contribution in [0.25, 0.3) is 0 Å². The average molecular weight is 797 g/mol. The predicted octanol–water partition coefficient (Wildman–Crippen LogP) is 4.26. The highest BCUT2D eigenvalue weighted by Crippen LogP contribution is 2.35. The average Bonchev–Trinajstić information content (AvgIpc) is 3.52. The van der Waals surface area contributed by atoms with Crippen LogP contribution in [0.1, 0.15) is 66.1 Å². The molecule has 0 saturated carbocycles. The van der Waals surface area contributed by atoms with Crippen molar-refractivity contribution in [1.29, 1.82) is 0 Å². The van der Waals surface area contributed by atoms with Gasteiger partial charge >= 0.3 is 6.18 Å². The maximum absolute atomic E-state index is 13.7. The summed E-state index contributed by atoms with van der Waals surface area (Å²) in [5.74, 6) is -0.919. The number of methoxy groups -OCH3 is 1. The molecule has 2 N–H and O–H groups in total. The fourth-order valence-electron chi connectivity index (χ4n) is 8.05. The van der Waals surface area contributed by atoms with Gasteiger partial charge in [0, 0.05) is 82.3 Å². The highest BCUT2D eigenvalue weighted by Gasteiger charge is 2.40. The van der Waals surface area contributed by atoms with Gasteiger partial charge in [-0.25, -0.2) is 13.5 Å². The molecule has 7 rings (SSSR count). The zero-order valence-electron chi connectivity index (χ0n) is 31.5. The number of piperidine rings is 2. The van der Waals surface area contributed by atoms with E-state index in [1.54, 1.807) is 4.90 Å². The van der Waals surface area contributed by atoms with Crippen molar-refractivity contribution in [2.24, 2.45) is 5.92 Å². The lowest BCUT2D eigenvalue weighted by Gasteiger charge is -2.37. The molecule has 5 heterocycles. The number of rotatable bonds is 12. The highest BCUT2D eigenvalue weighted by atomic mass is 32.2. The number of anilines is 2. The van der Waals surface area contributed by atoms with Gasteiger partial charge in [0.1, 0.15) is 22.6 Å². The molecule has 0 aliphatic carbocycles. The summed E-state index contributed by atoms with van der Waals surface area (Å²) < 4.78 is 60.0. The van der Waals surface area contributed by atoms with E-state index >= 15 is 0 Å². The molecule has 3 atom stereocenters. The number of imide groups is 1. The Bertz CT molecular complexity index is 1970. The number of nitrogens with one attached hydrogen (secondary N) is 2. The van der Waals surface area contributed by atoms with Gasteiger partial charge in [-0.3, -0.25) is 24.6 Å². The first-order chi connectivity index (χ1) is 26.9. The second-order valence-corrected chi connectivity index (χ2v) is 16.4. The second-order valence-electron chi connectivity index (χ2n) is 14.9. The van der Waals surface area contributed by atoms with E-state index in [2.05, 4.69) is 49.5 Å². The van der Waals surface area contributed by atoms with Gasteiger partial charge < -0.3 is 19.9 Å². The maximum atomic E-state index is 13.7. The van der Waals surface area contributed by atoms with Crippen molar-refractivity contribution in [3.8, 4) is 5.88 Å². The van der Waals surface area contributed by atoms with E-state index in [0.29, 0.717) is 50.4 Å². The molecule has 17 heteroatoms. The summed E-state index contributed by atoms with van der Waals surface area (Å²) in [6, 6.07) is 13.2. The number of aromatic nitrogens is 2. The Morgan fingerprint density at radius 2 is 1.79 bits per heavy atom. The topological polar surface area (TPSA) is 140 Å². The fraction of sp³-hybridized carbons (Fsp3) is 0.513. The van der Waals surface area contributed by atoms with Crippen molar-refractivity contribution in [1.82, 2.24) is 29.4 Å². The zero-order valence-corrected chi connectivity index (χ0v) is 32.3. The number of amides is 3. The standard InChI is InChI=1S/C39H47F3N8O5S/c1-3-25(23-47-15-17-48(18-16-47)29-7-8-31-27(21-29)24-50(37(31)53)33-9-10-34(51)45-35(33)52)19-26-5-4-6-30(20-26)56(54)49-13-11-28(12-14-49)44-38-43-22-32(39(40,41)42)36(46-38)55-2/h4-8,20-22,25,28,33H,3,9-19,23-24H2,1-2H3,(H,43,44,46)(H,45,51,52). The Labute approximate surface area is 326 Å². The second kappa shape index (κ2) is 16.9. The number of hydrogen-bond donors (Lipinski definition) is 2. The quantitative estimate of drug-likeness (QED) is 0.256. The molecule has 3 unspecified atom stereocenters. The Kier molecular flexibility index (Phi) is 11.9. The van der Waals surface area contributed by atoms with Crippen molar-refractivity contribution in [2.45, 2.75) is 75.1 Å². The van der Waals surface area contributed by atoms with Crippen molar-refractivity contribution in [3.63, 3.8) is 0 Å². The number of carbonyl (C=O) groups excluding carboxylic acids is 3. The third kappa shape index (κ3) is 8.84. The molecule has 2 aromatic carbocycles. The molecular weight excluding hydrogens is 750 g/mol. The first kappa shape index (κ1) is 39.6. The molecule has 3 saturated heterocycles. The van der Waals surface area contributed by atoms with Crippen molar-refractivity contribution >= 4 is 40.3 Å². The Balaban J connectivity index is 0.878. The number of piperazine rings is 1. The molecule has 0 radical (unpaired) electrons. The molecule has 3 amide bonds. The van der Waals surface area contributed by atoms with Gasteiger partial charge in [-0.05, 0) is 73.1 Å². The van der Waals surface area contributed by atoms with E-state index in [0.717, 1.165) is 80.6 Å². The number of carbonyl (C=O) groups is 3. The normalized spacial score (nSPS) is 21.2. The molecule has 0 spiro atoms. The van der Waals surface area contributed by atoms with Crippen LogP contribution in [0, 0.1) is 5.92 Å². The van der Waals surface area contributed by atoms with E-state index in [1.165, 1.54) is 0 Å². The summed E-state index contributed by atoms with van der Waals surface area (Å²) in [5.41, 5.74) is 2.70. The Morgan fingerprint density at radius 3 is 2.48 bits per heavy atom. The van der Waals surface area contributed by atoms with Crippen molar-refractivity contribution < 1.29 is 36.5 Å². The molecule has 3 fully saturated rings. The predicted molar refractivity (Wildman–Crippen MR) is 203 cm³/mol. The SMILES string of the molecule is CCC(Cc1cccc(S(=O)N2CCC(Nc3ncc(C(F)(F)F)c(OC)n3)CC2)c1)CN1CCN(c2ccc3c(c2)CN(C2CCC(=O)NC2=O)C3=O)CC1. The molecule has 56 heavy (non-hydrogen) atoms. The van der Waals surface area contributed by atoms with Gasteiger partial charge in [0.05, 0.1) is 12.0 Å². The largest absolute Gasteiger partial charge is 0.480 e. The number of hydrogen-bond acceptors (Lipinski definition) is 10. The van der Waals surface area contributed by atoms with Crippen LogP contribution < -0.4 is 20.3 Å². The minimum absolute atomic E-state index is 0.0638. The lowest BCUT2D eigenvalue weighted by molar-refractivity contribution is -0.139. The molecule has 300 valence electrons. The maximum Gasteiger partial charge on any atom is 0.423 e. The zero-order chi connectivity index (χ0) is 39.6. The molecule has 0 bridgehead atoms. The van der Waals surface area contributed by atoms with Gasteiger partial charge in [-0.15, -0.1) is 0 Å². The molecule has 13 nitrogen and oxygen atoms in total. The van der Waals surface area contributed by atoms with Gasteiger partial charge in [0.25, 0.3) is 5.91 Å². The number of fused-ring (bicyclic) bond motifs is 1. The van der Waals surface area contributed by atoms with Crippen LogP contribution in [0.3, 0.4) is 0 Å². The minimum atomic E-state index is -4.62. The Morgan fingerprint density at radius 1 is 1.02 bits per heavy atom. The van der Waals surface area contributed by atoms with Gasteiger partial charge in [0.2, 0.25) is 23.6 Å². The molecule has 4 aliphatic rings. The van der Waals surface area contributed by atoms with Crippen LogP contribution in [-0.2, 0) is 39.7 Å². The first-order valence-corrected chi connectivity index (χ1v) is 20.3. The van der Waals surface area contributed by atoms with Crippen LogP contribution in [0.15, 0.2) is 53.6 Å². The minimum Gasteiger partial charge on any atom is -0.480 e. The van der Waals surface area contributed by atoms with Gasteiger partial charge in [0.15, 0.2) is 0 Å². The van der Waals surface area contributed by atoms with Crippen molar-refractivity contribution in [3.05, 3.63) is 70.9 Å². The van der Waals surface area contributed by atoms with Crippen LogP contribution in [0.5, 0.6) is 5.88 Å². The van der Waals surface area contributed by atoms with E-state index < -0.39 is 40.6 Å². The van der Waals surface area contributed by atoms with Gasteiger partial charge in [-0.1, -0.05) is 25.5 Å². The smallest absolute Gasteiger partial charge is 0.423 e. The van der Waals surface area contributed by atoms with E-state index in [1.807, 2.05) is 34.6 Å². The Hall–Kier alpha value is -4.61. The van der Waals surface area contributed by atoms with Crippen LogP contribution in [0.4, 0.5) is 24.8 Å². The number of benzene rings is 2. The monoisotopic (exact) mass is 796 g/mol. The number of ether oxygens (including phenoxy) is 1. The molecule has 4 aliphatic heterocycles. The van der Waals surface area contributed by atoms with Crippen LogP contribution in [0.2, 0.25) is 0 Å².